The van der Waals surface area contributed by atoms with Crippen LogP contribution in [-0.4, -0.2) is 48.9 Å². The molecule has 2 rings (SSSR count). The van der Waals surface area contributed by atoms with Crippen LogP contribution in [0.4, 0.5) is 0 Å². The van der Waals surface area contributed by atoms with E-state index in [1.165, 1.54) is 6.42 Å². The van der Waals surface area contributed by atoms with Crippen LogP contribution in [0, 0.1) is 5.41 Å². The van der Waals surface area contributed by atoms with E-state index in [0.717, 1.165) is 25.2 Å². The zero-order valence-corrected chi connectivity index (χ0v) is 12.2. The zero-order valence-electron chi connectivity index (χ0n) is 11.5. The molecule has 0 saturated carbocycles. The lowest BCUT2D eigenvalue weighted by Crippen LogP contribution is -2.31. The first-order chi connectivity index (χ1) is 8.97. The Balaban J connectivity index is 2.02. The van der Waals surface area contributed by atoms with E-state index in [0.29, 0.717) is 16.6 Å². The fourth-order valence-corrected chi connectivity index (χ4v) is 2.70. The second kappa shape index (κ2) is 5.90. The average molecular weight is 281 g/mol. The number of benzene rings is 1. The van der Waals surface area contributed by atoms with E-state index in [-0.39, 0.29) is 5.84 Å². The van der Waals surface area contributed by atoms with Gasteiger partial charge in [-0.15, -0.1) is 0 Å². The maximum Gasteiger partial charge on any atom is 0.122 e. The molecule has 4 nitrogen and oxygen atoms in total. The van der Waals surface area contributed by atoms with Crippen molar-refractivity contribution in [1.29, 1.82) is 5.41 Å². The van der Waals surface area contributed by atoms with Crippen molar-refractivity contribution in [3.8, 4) is 0 Å². The van der Waals surface area contributed by atoms with E-state index >= 15 is 0 Å². The minimum atomic E-state index is 0.0577. The number of rotatable bonds is 4. The van der Waals surface area contributed by atoms with Crippen LogP contribution in [0.5, 0.6) is 0 Å². The molecule has 3 N–H and O–H groups in total. The molecular weight excluding hydrogens is 260 g/mol. The number of likely N-dealkylation sites (N-methyl/N-ethyl adjacent to an activating group) is 1. The fourth-order valence-electron chi connectivity index (χ4n) is 2.46. The van der Waals surface area contributed by atoms with Crippen molar-refractivity contribution in [2.24, 2.45) is 5.73 Å². The Morgan fingerprint density at radius 1 is 1.53 bits per heavy atom. The van der Waals surface area contributed by atoms with Gasteiger partial charge in [0.15, 0.2) is 0 Å². The largest absolute Gasteiger partial charge is 0.384 e. The first kappa shape index (κ1) is 14.3. The third kappa shape index (κ3) is 3.47. The van der Waals surface area contributed by atoms with Crippen LogP contribution in [0.3, 0.4) is 0 Å². The van der Waals surface area contributed by atoms with Crippen LogP contribution in [0.25, 0.3) is 0 Å². The van der Waals surface area contributed by atoms with Crippen molar-refractivity contribution in [1.82, 2.24) is 9.80 Å². The Kier molecular flexibility index (Phi) is 4.45. The molecule has 5 heteroatoms. The van der Waals surface area contributed by atoms with Crippen LogP contribution in [0.15, 0.2) is 18.2 Å². The normalized spacial score (nSPS) is 20.1. The maximum atomic E-state index is 7.40. The number of nitrogens with two attached hydrogens (primary N) is 1. The molecule has 1 aliphatic rings. The van der Waals surface area contributed by atoms with Crippen LogP contribution in [0.2, 0.25) is 5.02 Å². The molecule has 1 saturated heterocycles. The van der Waals surface area contributed by atoms with E-state index < -0.39 is 0 Å². The van der Waals surface area contributed by atoms with Gasteiger partial charge in [0.1, 0.15) is 5.84 Å². The van der Waals surface area contributed by atoms with Crippen LogP contribution in [-0.2, 0) is 6.54 Å². The van der Waals surface area contributed by atoms with Crippen molar-refractivity contribution in [3.05, 3.63) is 34.3 Å². The number of likely N-dealkylation sites (tertiary alicyclic amines) is 1. The topological polar surface area (TPSA) is 56.4 Å². The third-order valence-electron chi connectivity index (χ3n) is 3.74. The van der Waals surface area contributed by atoms with E-state index in [4.69, 9.17) is 22.7 Å². The van der Waals surface area contributed by atoms with Gasteiger partial charge in [0.25, 0.3) is 0 Å². The molecule has 1 aromatic rings. The number of nitrogens with one attached hydrogen (secondary N) is 1. The van der Waals surface area contributed by atoms with Gasteiger partial charge < -0.3 is 10.6 Å². The van der Waals surface area contributed by atoms with Gasteiger partial charge in [-0.1, -0.05) is 23.7 Å². The summed E-state index contributed by atoms with van der Waals surface area (Å²) in [5, 5.41) is 8.10. The van der Waals surface area contributed by atoms with Crippen molar-refractivity contribution in [2.75, 3.05) is 27.2 Å². The number of hydrogen-bond donors (Lipinski definition) is 2. The molecular formula is C14H21ClN4. The summed E-state index contributed by atoms with van der Waals surface area (Å²) >= 11 is 6.26. The lowest BCUT2D eigenvalue weighted by atomic mass is 10.1. The summed E-state index contributed by atoms with van der Waals surface area (Å²) < 4.78 is 0. The molecule has 0 radical (unpaired) electrons. The molecule has 19 heavy (non-hydrogen) atoms. The highest BCUT2D eigenvalue weighted by molar-refractivity contribution is 6.31. The van der Waals surface area contributed by atoms with Gasteiger partial charge in [0.05, 0.1) is 0 Å². The number of amidine groups is 1. The van der Waals surface area contributed by atoms with Gasteiger partial charge in [-0.3, -0.25) is 10.3 Å². The molecule has 0 spiro atoms. The van der Waals surface area contributed by atoms with Crippen molar-refractivity contribution in [2.45, 2.75) is 19.0 Å². The minimum Gasteiger partial charge on any atom is -0.384 e. The predicted octanol–water partition coefficient (Wildman–Crippen LogP) is 1.76. The summed E-state index contributed by atoms with van der Waals surface area (Å²) in [7, 11) is 4.26. The van der Waals surface area contributed by atoms with Gasteiger partial charge in [-0.05, 0) is 32.1 Å². The Labute approximate surface area is 119 Å². The Morgan fingerprint density at radius 3 is 2.79 bits per heavy atom. The highest BCUT2D eigenvalue weighted by atomic mass is 35.5. The van der Waals surface area contributed by atoms with Crippen LogP contribution >= 0.6 is 11.6 Å². The molecule has 0 aliphatic carbocycles. The van der Waals surface area contributed by atoms with Gasteiger partial charge in [-0.2, -0.15) is 0 Å². The molecule has 0 bridgehead atoms. The van der Waals surface area contributed by atoms with E-state index in [9.17, 15) is 0 Å². The molecule has 1 unspecified atom stereocenters. The smallest absolute Gasteiger partial charge is 0.122 e. The number of hydrogen-bond acceptors (Lipinski definition) is 3. The first-order valence-electron chi connectivity index (χ1n) is 6.49. The standard InChI is InChI=1S/C14H21ClN4/c1-18(2)12-5-6-19(9-12)8-11-4-3-10(14(16)17)7-13(11)15/h3-4,7,12H,5-6,8-9H2,1-2H3,(H3,16,17). The van der Waals surface area contributed by atoms with E-state index in [1.54, 1.807) is 6.07 Å². The van der Waals surface area contributed by atoms with Crippen molar-refractivity contribution >= 4 is 17.4 Å². The Hall–Kier alpha value is -1.10. The lowest BCUT2D eigenvalue weighted by molar-refractivity contribution is 0.265. The number of nitrogen functional groups attached to an aromatic ring is 1. The molecule has 1 fully saturated rings. The summed E-state index contributed by atoms with van der Waals surface area (Å²) in [5.41, 5.74) is 7.24. The second-order valence-corrected chi connectivity index (χ2v) is 5.77. The summed E-state index contributed by atoms with van der Waals surface area (Å²) in [5.74, 6) is 0.0577. The average Bonchev–Trinajstić information content (AvgIpc) is 2.80. The van der Waals surface area contributed by atoms with Crippen LogP contribution < -0.4 is 5.73 Å². The summed E-state index contributed by atoms with van der Waals surface area (Å²) in [4.78, 5) is 4.69. The Bertz CT molecular complexity index is 473. The molecule has 1 aromatic carbocycles. The second-order valence-electron chi connectivity index (χ2n) is 5.36. The molecule has 1 heterocycles. The lowest BCUT2D eigenvalue weighted by Gasteiger charge is -2.20. The zero-order chi connectivity index (χ0) is 14.0. The molecule has 1 atom stereocenters. The monoisotopic (exact) mass is 280 g/mol. The fraction of sp³-hybridized carbons (Fsp3) is 0.500. The van der Waals surface area contributed by atoms with E-state index in [1.807, 2.05) is 12.1 Å². The summed E-state index contributed by atoms with van der Waals surface area (Å²) in [6.45, 7) is 3.05. The van der Waals surface area contributed by atoms with Gasteiger partial charge in [-0.25, -0.2) is 0 Å². The quantitative estimate of drug-likeness (QED) is 0.653. The number of halogens is 1. The number of nitrogens with zero attached hydrogens (tertiary/aromatic N) is 2. The third-order valence-corrected chi connectivity index (χ3v) is 4.09. The van der Waals surface area contributed by atoms with Gasteiger partial charge >= 0.3 is 0 Å². The van der Waals surface area contributed by atoms with Crippen LogP contribution in [0.1, 0.15) is 17.5 Å². The van der Waals surface area contributed by atoms with Crippen molar-refractivity contribution < 1.29 is 0 Å². The van der Waals surface area contributed by atoms with Crippen molar-refractivity contribution in [3.63, 3.8) is 0 Å². The van der Waals surface area contributed by atoms with Gasteiger partial charge in [0, 0.05) is 36.3 Å². The molecule has 1 aliphatic heterocycles. The first-order valence-corrected chi connectivity index (χ1v) is 6.87. The minimum absolute atomic E-state index is 0.0577. The summed E-state index contributed by atoms with van der Waals surface area (Å²) in [6, 6.07) is 6.25. The van der Waals surface area contributed by atoms with E-state index in [2.05, 4.69) is 23.9 Å². The Morgan fingerprint density at radius 2 is 2.26 bits per heavy atom. The SMILES string of the molecule is CN(C)C1CCN(Cc2ccc(C(=N)N)cc2Cl)C1. The predicted molar refractivity (Wildman–Crippen MR) is 79.8 cm³/mol. The molecule has 0 amide bonds. The highest BCUT2D eigenvalue weighted by Crippen LogP contribution is 2.22. The summed E-state index contributed by atoms with van der Waals surface area (Å²) in [6.07, 6.45) is 1.20. The maximum absolute atomic E-state index is 7.40. The molecule has 0 aromatic heterocycles. The van der Waals surface area contributed by atoms with Gasteiger partial charge in [0.2, 0.25) is 0 Å². The molecule has 104 valence electrons. The highest BCUT2D eigenvalue weighted by Gasteiger charge is 2.24.